The van der Waals surface area contributed by atoms with Gasteiger partial charge in [-0.1, -0.05) is 30.0 Å². The summed E-state index contributed by atoms with van der Waals surface area (Å²) in [7, 11) is 1.65. The molecule has 2 aliphatic heterocycles. The Hall–Kier alpha value is -2.17. The van der Waals surface area contributed by atoms with Crippen molar-refractivity contribution in [2.24, 2.45) is 4.99 Å². The van der Waals surface area contributed by atoms with E-state index in [1.807, 2.05) is 24.6 Å². The quantitative estimate of drug-likeness (QED) is 0.354. The molecule has 1 aromatic rings. The Labute approximate surface area is 157 Å². The Balaban J connectivity index is 1.86. The first-order chi connectivity index (χ1) is 12.6. The second-order valence-electron chi connectivity index (χ2n) is 6.81. The molecule has 0 bridgehead atoms. The Morgan fingerprint density at radius 2 is 2.38 bits per heavy atom. The van der Waals surface area contributed by atoms with Gasteiger partial charge in [0.05, 0.1) is 18.6 Å². The molecule has 136 valence electrons. The predicted octanol–water partition coefficient (Wildman–Crippen LogP) is 2.42. The molecule has 0 amide bonds. The van der Waals surface area contributed by atoms with Gasteiger partial charge in [0.1, 0.15) is 6.10 Å². The maximum Gasteiger partial charge on any atom is 0.208 e. The number of aliphatic hydroxyl groups is 1. The summed E-state index contributed by atoms with van der Waals surface area (Å²) < 4.78 is 11.8. The first-order valence-corrected chi connectivity index (χ1v) is 9.85. The molecule has 1 aromatic carbocycles. The fourth-order valence-electron chi connectivity index (χ4n) is 4.39. The molecule has 26 heavy (non-hydrogen) atoms. The van der Waals surface area contributed by atoms with Crippen LogP contribution >= 0.6 is 11.8 Å². The number of amidine groups is 1. The van der Waals surface area contributed by atoms with Crippen molar-refractivity contribution in [2.45, 2.75) is 37.0 Å². The van der Waals surface area contributed by atoms with Gasteiger partial charge in [-0.2, -0.15) is 5.26 Å². The average Bonchev–Trinajstić information content (AvgIpc) is 2.88. The first-order valence-electron chi connectivity index (χ1n) is 8.63. The predicted molar refractivity (Wildman–Crippen MR) is 100 cm³/mol. The maximum atomic E-state index is 10.1. The summed E-state index contributed by atoms with van der Waals surface area (Å²) in [5, 5.41) is 19.8. The summed E-state index contributed by atoms with van der Waals surface area (Å²) in [4.78, 5) is 6.14. The second kappa shape index (κ2) is 6.53. The summed E-state index contributed by atoms with van der Waals surface area (Å²) >= 11 is 1.48. The Bertz CT molecular complexity index is 832. The number of methoxy groups -OCH3 is 1. The van der Waals surface area contributed by atoms with Crippen LogP contribution in [0.25, 0.3) is 0 Å². The average molecular weight is 371 g/mol. The van der Waals surface area contributed by atoms with Gasteiger partial charge in [0.2, 0.25) is 6.19 Å². The number of ether oxygens (including phenoxy) is 2. The minimum absolute atomic E-state index is 0.113. The highest BCUT2D eigenvalue weighted by Crippen LogP contribution is 2.55. The van der Waals surface area contributed by atoms with Gasteiger partial charge in [0, 0.05) is 25.1 Å². The molecular weight excluding hydrogens is 350 g/mol. The standard InChI is InChI=1S/C19H21N3O3S/c1-24-14-4-3-12-10-22(18(26-2)21-11-20)8-7-19-6-5-13(23)9-15(19)25-17(14)16(12)19/h3-6,13,15,23H,7-10H2,1-2H3. The van der Waals surface area contributed by atoms with Crippen LogP contribution in [0.4, 0.5) is 0 Å². The first kappa shape index (κ1) is 17.3. The number of nitriles is 1. The third-order valence-corrected chi connectivity index (χ3v) is 6.27. The molecule has 0 saturated carbocycles. The van der Waals surface area contributed by atoms with Crippen LogP contribution in [0, 0.1) is 11.5 Å². The van der Waals surface area contributed by atoms with Gasteiger partial charge >= 0.3 is 0 Å². The van der Waals surface area contributed by atoms with E-state index in [4.69, 9.17) is 14.7 Å². The molecule has 0 saturated heterocycles. The van der Waals surface area contributed by atoms with Crippen LogP contribution < -0.4 is 9.47 Å². The third-order valence-electron chi connectivity index (χ3n) is 5.55. The van der Waals surface area contributed by atoms with Gasteiger partial charge in [0.15, 0.2) is 16.7 Å². The van der Waals surface area contributed by atoms with Crippen molar-refractivity contribution in [2.75, 3.05) is 19.9 Å². The van der Waals surface area contributed by atoms with Crippen LogP contribution in [0.3, 0.4) is 0 Å². The van der Waals surface area contributed by atoms with E-state index >= 15 is 0 Å². The molecule has 7 heteroatoms. The Kier molecular flexibility index (Phi) is 4.33. The van der Waals surface area contributed by atoms with Crippen LogP contribution in [-0.4, -0.2) is 47.3 Å². The SMILES string of the molecule is COc1ccc2c3c1OC1CC(O)C=CC31CCN(C(=NC#N)SC)C2. The zero-order valence-electron chi connectivity index (χ0n) is 14.8. The van der Waals surface area contributed by atoms with Gasteiger partial charge in [-0.15, -0.1) is 4.99 Å². The number of aliphatic hydroxyl groups excluding tert-OH is 1. The fourth-order valence-corrected chi connectivity index (χ4v) is 4.93. The van der Waals surface area contributed by atoms with Crippen LogP contribution in [0.1, 0.15) is 24.0 Å². The number of hydrogen-bond acceptors (Lipinski definition) is 6. The molecule has 0 aromatic heterocycles. The number of aliphatic imine (C=N–C) groups is 1. The van der Waals surface area contributed by atoms with Gasteiger partial charge in [-0.05, 0) is 24.3 Å². The van der Waals surface area contributed by atoms with Crippen molar-refractivity contribution in [3.05, 3.63) is 35.4 Å². The molecule has 1 N–H and O–H groups in total. The smallest absolute Gasteiger partial charge is 0.208 e. The normalized spacial score (nSPS) is 29.3. The van der Waals surface area contributed by atoms with E-state index in [0.717, 1.165) is 40.8 Å². The summed E-state index contributed by atoms with van der Waals surface area (Å²) in [5.41, 5.74) is 2.04. The molecule has 3 atom stereocenters. The highest BCUT2D eigenvalue weighted by atomic mass is 32.2. The molecule has 4 rings (SSSR count). The van der Waals surface area contributed by atoms with Crippen molar-refractivity contribution in [3.8, 4) is 17.7 Å². The van der Waals surface area contributed by atoms with E-state index in [9.17, 15) is 5.11 Å². The van der Waals surface area contributed by atoms with Crippen LogP contribution in [0.2, 0.25) is 0 Å². The van der Waals surface area contributed by atoms with E-state index in [-0.39, 0.29) is 11.5 Å². The highest BCUT2D eigenvalue weighted by molar-refractivity contribution is 8.13. The molecule has 6 nitrogen and oxygen atoms in total. The van der Waals surface area contributed by atoms with E-state index in [1.54, 1.807) is 7.11 Å². The summed E-state index contributed by atoms with van der Waals surface area (Å²) in [6.45, 7) is 1.43. The number of thioether (sulfide) groups is 1. The minimum Gasteiger partial charge on any atom is -0.493 e. The lowest BCUT2D eigenvalue weighted by Gasteiger charge is -2.36. The number of hydrogen-bond donors (Lipinski definition) is 1. The van der Waals surface area contributed by atoms with Crippen molar-refractivity contribution in [1.29, 1.82) is 5.26 Å². The lowest BCUT2D eigenvalue weighted by atomic mass is 9.69. The van der Waals surface area contributed by atoms with Gasteiger partial charge in [-0.25, -0.2) is 0 Å². The maximum absolute atomic E-state index is 10.1. The van der Waals surface area contributed by atoms with Crippen molar-refractivity contribution in [1.82, 2.24) is 4.90 Å². The molecule has 0 fully saturated rings. The Morgan fingerprint density at radius 3 is 3.12 bits per heavy atom. The lowest BCUT2D eigenvalue weighted by Crippen LogP contribution is -2.43. The van der Waals surface area contributed by atoms with E-state index in [1.165, 1.54) is 11.8 Å². The molecule has 1 spiro atoms. The van der Waals surface area contributed by atoms with Gasteiger partial charge in [0.25, 0.3) is 0 Å². The lowest BCUT2D eigenvalue weighted by molar-refractivity contribution is 0.0834. The molecule has 1 aliphatic carbocycles. The molecule has 2 heterocycles. The second-order valence-corrected chi connectivity index (χ2v) is 7.58. The van der Waals surface area contributed by atoms with Crippen LogP contribution in [0.5, 0.6) is 11.5 Å². The summed E-state index contributed by atoms with van der Waals surface area (Å²) in [6, 6.07) is 4.01. The zero-order valence-corrected chi connectivity index (χ0v) is 15.6. The van der Waals surface area contributed by atoms with Crippen molar-refractivity contribution >= 4 is 16.9 Å². The van der Waals surface area contributed by atoms with E-state index < -0.39 is 6.10 Å². The number of benzene rings is 1. The number of nitrogens with zero attached hydrogens (tertiary/aromatic N) is 3. The van der Waals surface area contributed by atoms with Crippen LogP contribution in [0.15, 0.2) is 29.3 Å². The van der Waals surface area contributed by atoms with Gasteiger partial charge < -0.3 is 19.5 Å². The zero-order chi connectivity index (χ0) is 18.3. The molecule has 3 unspecified atom stereocenters. The van der Waals surface area contributed by atoms with Crippen molar-refractivity contribution < 1.29 is 14.6 Å². The molecule has 3 aliphatic rings. The molecule has 0 radical (unpaired) electrons. The largest absolute Gasteiger partial charge is 0.493 e. The van der Waals surface area contributed by atoms with E-state index in [0.29, 0.717) is 13.0 Å². The fraction of sp³-hybridized carbons (Fsp3) is 0.474. The number of rotatable bonds is 1. The van der Waals surface area contributed by atoms with E-state index in [2.05, 4.69) is 22.0 Å². The Morgan fingerprint density at radius 1 is 1.54 bits per heavy atom. The summed E-state index contributed by atoms with van der Waals surface area (Å²) in [5.74, 6) is 1.52. The third kappa shape index (κ3) is 2.48. The topological polar surface area (TPSA) is 78.1 Å². The molecular formula is C19H21N3O3S. The van der Waals surface area contributed by atoms with Crippen LogP contribution in [-0.2, 0) is 12.0 Å². The van der Waals surface area contributed by atoms with Gasteiger partial charge in [-0.3, -0.25) is 0 Å². The minimum atomic E-state index is -0.490. The summed E-state index contributed by atoms with van der Waals surface area (Å²) in [6.07, 6.45) is 8.64. The monoisotopic (exact) mass is 371 g/mol. The highest BCUT2D eigenvalue weighted by Gasteiger charge is 2.53. The van der Waals surface area contributed by atoms with Crippen molar-refractivity contribution in [3.63, 3.8) is 0 Å².